The molecule has 0 atom stereocenters. The highest BCUT2D eigenvalue weighted by Gasteiger charge is 2.23. The first-order valence-electron chi connectivity index (χ1n) is 6.32. The van der Waals surface area contributed by atoms with Gasteiger partial charge in [0.2, 0.25) is 5.91 Å². The van der Waals surface area contributed by atoms with E-state index < -0.39 is 17.9 Å². The van der Waals surface area contributed by atoms with Gasteiger partial charge >= 0.3 is 12.0 Å². The first-order valence-corrected chi connectivity index (χ1v) is 6.32. The summed E-state index contributed by atoms with van der Waals surface area (Å²) in [6.07, 6.45) is 0.0691. The minimum atomic E-state index is -1.07. The van der Waals surface area contributed by atoms with Crippen LogP contribution in [0.4, 0.5) is 10.5 Å². The summed E-state index contributed by atoms with van der Waals surface area (Å²) < 4.78 is 5.42. The zero-order valence-corrected chi connectivity index (χ0v) is 11.2. The zero-order valence-electron chi connectivity index (χ0n) is 11.2. The number of nitrogens with two attached hydrogens (primary N) is 1. The summed E-state index contributed by atoms with van der Waals surface area (Å²) in [4.78, 5) is 35.0. The summed E-state index contributed by atoms with van der Waals surface area (Å²) in [5.74, 6) is -1.25. The van der Waals surface area contributed by atoms with Crippen LogP contribution in [0, 0.1) is 0 Å². The number of primary amides is 1. The van der Waals surface area contributed by atoms with Crippen molar-refractivity contribution in [1.29, 1.82) is 0 Å². The molecule has 3 amide bonds. The van der Waals surface area contributed by atoms with Crippen LogP contribution in [0.25, 0.3) is 0 Å². The molecule has 0 aromatic heterocycles. The first kappa shape index (κ1) is 14.6. The van der Waals surface area contributed by atoms with Gasteiger partial charge in [0.05, 0.1) is 12.2 Å². The Morgan fingerprint density at radius 2 is 2.14 bits per heavy atom. The predicted octanol–water partition coefficient (Wildman–Crippen LogP) is 0.169. The number of aromatic carboxylic acids is 1. The van der Waals surface area contributed by atoms with Crippen molar-refractivity contribution in [2.24, 2.45) is 5.73 Å². The third-order valence-corrected chi connectivity index (χ3v) is 3.04. The first-order chi connectivity index (χ1) is 9.99. The molecule has 2 rings (SSSR count). The molecule has 4 N–H and O–H groups in total. The fraction of sp³-hybridized carbons (Fsp3) is 0.308. The number of nitrogens with zero attached hydrogens (tertiary/aromatic N) is 1. The summed E-state index contributed by atoms with van der Waals surface area (Å²) >= 11 is 0. The number of amides is 3. The number of fused-ring (bicyclic) bond motifs is 1. The van der Waals surface area contributed by atoms with Gasteiger partial charge in [0.25, 0.3) is 0 Å². The average molecular weight is 293 g/mol. The van der Waals surface area contributed by atoms with Gasteiger partial charge in [-0.3, -0.25) is 10.1 Å². The Bertz CT molecular complexity index is 587. The number of anilines is 1. The van der Waals surface area contributed by atoms with E-state index in [1.165, 1.54) is 6.07 Å². The van der Waals surface area contributed by atoms with Crippen molar-refractivity contribution < 1.29 is 24.2 Å². The van der Waals surface area contributed by atoms with Crippen molar-refractivity contribution in [3.05, 3.63) is 23.8 Å². The zero-order chi connectivity index (χ0) is 15.4. The second-order valence-corrected chi connectivity index (χ2v) is 4.46. The molecule has 1 aliphatic rings. The van der Waals surface area contributed by atoms with E-state index in [0.29, 0.717) is 31.1 Å². The topological polar surface area (TPSA) is 122 Å². The molecule has 112 valence electrons. The molecule has 1 aromatic rings. The van der Waals surface area contributed by atoms with Crippen LogP contribution in [-0.4, -0.2) is 42.7 Å². The number of carboxylic acid groups (broad SMARTS) is 1. The molecule has 0 radical (unpaired) electrons. The standard InChI is InChI=1S/C13H15N3O5/c14-13(20)15-10(17)4-5-16-6-7-21-11-8(12(18)19)2-1-3-9(11)16/h1-3H,4-7H2,(H,18,19)(H3,14,15,17,20). The van der Waals surface area contributed by atoms with Crippen molar-refractivity contribution >= 4 is 23.6 Å². The lowest BCUT2D eigenvalue weighted by atomic mass is 10.1. The van der Waals surface area contributed by atoms with E-state index in [-0.39, 0.29) is 12.0 Å². The molecule has 1 heterocycles. The number of carbonyl (C=O) groups is 3. The minimum absolute atomic E-state index is 0.0691. The Morgan fingerprint density at radius 1 is 1.38 bits per heavy atom. The summed E-state index contributed by atoms with van der Waals surface area (Å²) in [6, 6.07) is 3.92. The number of hydrogen-bond donors (Lipinski definition) is 3. The lowest BCUT2D eigenvalue weighted by molar-refractivity contribution is -0.119. The van der Waals surface area contributed by atoms with E-state index in [2.05, 4.69) is 0 Å². The number of hydrogen-bond acceptors (Lipinski definition) is 5. The molecule has 0 aliphatic carbocycles. The number of urea groups is 1. The predicted molar refractivity (Wildman–Crippen MR) is 73.5 cm³/mol. The number of carboxylic acids is 1. The van der Waals surface area contributed by atoms with Crippen molar-refractivity contribution in [3.8, 4) is 5.75 Å². The highest BCUT2D eigenvalue weighted by molar-refractivity contribution is 5.94. The molecule has 21 heavy (non-hydrogen) atoms. The molecule has 0 fully saturated rings. The average Bonchev–Trinajstić information content (AvgIpc) is 2.43. The van der Waals surface area contributed by atoms with Gasteiger partial charge in [-0.1, -0.05) is 6.07 Å². The van der Waals surface area contributed by atoms with Crippen LogP contribution in [-0.2, 0) is 4.79 Å². The molecule has 0 unspecified atom stereocenters. The highest BCUT2D eigenvalue weighted by atomic mass is 16.5. The van der Waals surface area contributed by atoms with E-state index in [4.69, 9.17) is 15.6 Å². The molecular formula is C13H15N3O5. The van der Waals surface area contributed by atoms with E-state index >= 15 is 0 Å². The third kappa shape index (κ3) is 3.41. The Hall–Kier alpha value is -2.77. The molecule has 8 heteroatoms. The van der Waals surface area contributed by atoms with Gasteiger partial charge in [-0.15, -0.1) is 0 Å². The van der Waals surface area contributed by atoms with Gasteiger partial charge in [0.15, 0.2) is 5.75 Å². The maximum Gasteiger partial charge on any atom is 0.339 e. The second-order valence-electron chi connectivity index (χ2n) is 4.46. The number of nitrogens with one attached hydrogen (secondary N) is 1. The Morgan fingerprint density at radius 3 is 2.81 bits per heavy atom. The Balaban J connectivity index is 2.12. The molecule has 1 aromatic carbocycles. The fourth-order valence-electron chi connectivity index (χ4n) is 2.14. The van der Waals surface area contributed by atoms with Crippen LogP contribution in [0.15, 0.2) is 18.2 Å². The fourth-order valence-corrected chi connectivity index (χ4v) is 2.14. The third-order valence-electron chi connectivity index (χ3n) is 3.04. The number of carbonyl (C=O) groups excluding carboxylic acids is 2. The van der Waals surface area contributed by atoms with Gasteiger partial charge in [0, 0.05) is 13.0 Å². The molecular weight excluding hydrogens is 278 g/mol. The maximum absolute atomic E-state index is 11.4. The molecule has 8 nitrogen and oxygen atoms in total. The van der Waals surface area contributed by atoms with Crippen molar-refractivity contribution in [2.75, 3.05) is 24.6 Å². The molecule has 0 saturated carbocycles. The minimum Gasteiger partial charge on any atom is -0.489 e. The van der Waals surface area contributed by atoms with Crippen LogP contribution in [0.2, 0.25) is 0 Å². The van der Waals surface area contributed by atoms with Crippen LogP contribution < -0.4 is 20.7 Å². The normalized spacial score (nSPS) is 13.0. The maximum atomic E-state index is 11.4. The summed E-state index contributed by atoms with van der Waals surface area (Å²) in [7, 11) is 0. The van der Waals surface area contributed by atoms with E-state index in [1.54, 1.807) is 12.1 Å². The summed E-state index contributed by atoms with van der Waals surface area (Å²) in [5, 5.41) is 11.1. The Kier molecular flexibility index (Phi) is 4.27. The van der Waals surface area contributed by atoms with Crippen LogP contribution in [0.1, 0.15) is 16.8 Å². The van der Waals surface area contributed by atoms with Crippen molar-refractivity contribution in [1.82, 2.24) is 5.32 Å². The number of rotatable bonds is 4. The largest absolute Gasteiger partial charge is 0.489 e. The second kappa shape index (κ2) is 6.12. The highest BCUT2D eigenvalue weighted by Crippen LogP contribution is 2.34. The molecule has 0 saturated heterocycles. The smallest absolute Gasteiger partial charge is 0.339 e. The molecule has 1 aliphatic heterocycles. The van der Waals surface area contributed by atoms with Crippen molar-refractivity contribution in [2.45, 2.75) is 6.42 Å². The Labute approximate surface area is 120 Å². The van der Waals surface area contributed by atoms with Crippen LogP contribution >= 0.6 is 0 Å². The van der Waals surface area contributed by atoms with Gasteiger partial charge < -0.3 is 20.5 Å². The quantitative estimate of drug-likeness (QED) is 0.727. The lowest BCUT2D eigenvalue weighted by Gasteiger charge is -2.31. The SMILES string of the molecule is NC(=O)NC(=O)CCN1CCOc2c(C(=O)O)cccc21. The number of imide groups is 1. The number of ether oxygens (including phenoxy) is 1. The summed E-state index contributed by atoms with van der Waals surface area (Å²) in [5.41, 5.74) is 5.56. The van der Waals surface area contributed by atoms with E-state index in [0.717, 1.165) is 0 Å². The van der Waals surface area contributed by atoms with Gasteiger partial charge in [-0.05, 0) is 12.1 Å². The van der Waals surface area contributed by atoms with Crippen LogP contribution in [0.5, 0.6) is 5.75 Å². The molecule has 0 spiro atoms. The van der Waals surface area contributed by atoms with E-state index in [1.807, 2.05) is 10.2 Å². The van der Waals surface area contributed by atoms with Gasteiger partial charge in [-0.25, -0.2) is 9.59 Å². The lowest BCUT2D eigenvalue weighted by Crippen LogP contribution is -2.39. The van der Waals surface area contributed by atoms with Crippen LogP contribution in [0.3, 0.4) is 0 Å². The number of para-hydroxylation sites is 1. The van der Waals surface area contributed by atoms with Gasteiger partial charge in [-0.2, -0.15) is 0 Å². The van der Waals surface area contributed by atoms with Gasteiger partial charge in [0.1, 0.15) is 12.2 Å². The molecule has 0 bridgehead atoms. The monoisotopic (exact) mass is 293 g/mol. The number of benzene rings is 1. The van der Waals surface area contributed by atoms with E-state index in [9.17, 15) is 14.4 Å². The van der Waals surface area contributed by atoms with Crippen molar-refractivity contribution in [3.63, 3.8) is 0 Å². The summed E-state index contributed by atoms with van der Waals surface area (Å²) in [6.45, 7) is 1.19.